The van der Waals surface area contributed by atoms with Crippen LogP contribution in [0.3, 0.4) is 0 Å². The van der Waals surface area contributed by atoms with Crippen LogP contribution in [0.5, 0.6) is 0 Å². The summed E-state index contributed by atoms with van der Waals surface area (Å²) in [7, 11) is 0. The minimum atomic E-state index is -4.46. The Hall–Kier alpha value is -2.49. The Labute approximate surface area is 182 Å². The summed E-state index contributed by atoms with van der Waals surface area (Å²) in [5.74, 6) is -1.25. The molecule has 156 valence electrons. The number of halogens is 5. The molecule has 0 aliphatic carbocycles. The highest BCUT2D eigenvalue weighted by Crippen LogP contribution is 2.32. The van der Waals surface area contributed by atoms with Crippen LogP contribution < -0.4 is 0 Å². The van der Waals surface area contributed by atoms with Crippen LogP contribution in [-0.2, 0) is 17.4 Å². The summed E-state index contributed by atoms with van der Waals surface area (Å²) in [6, 6.07) is 7.98. The number of aromatic nitrogens is 1. The Kier molecular flexibility index (Phi) is 6.74. The Morgan fingerprint density at radius 1 is 1.13 bits per heavy atom. The molecule has 3 aromatic rings. The molecule has 30 heavy (non-hydrogen) atoms. The van der Waals surface area contributed by atoms with E-state index in [2.05, 4.69) is 15.2 Å². The van der Waals surface area contributed by atoms with E-state index in [0.717, 1.165) is 23.5 Å². The van der Waals surface area contributed by atoms with Crippen LogP contribution in [0.1, 0.15) is 11.1 Å². The van der Waals surface area contributed by atoms with Crippen LogP contribution >= 0.6 is 34.5 Å². The number of thiazole rings is 1. The monoisotopic (exact) mass is 473 g/mol. The number of hydrogen-bond donors (Lipinski definition) is 1. The van der Waals surface area contributed by atoms with Gasteiger partial charge in [0.15, 0.2) is 6.04 Å². The molecular weight excluding hydrogens is 462 g/mol. The molecule has 0 saturated carbocycles. The van der Waals surface area contributed by atoms with Gasteiger partial charge in [-0.25, -0.2) is 9.78 Å². The number of carboxylic acid groups (broad SMARTS) is 1. The molecule has 0 fully saturated rings. The number of aliphatic carboxylic acids is 1. The fourth-order valence-electron chi connectivity index (χ4n) is 2.45. The molecule has 1 atom stereocenters. The zero-order valence-electron chi connectivity index (χ0n) is 14.9. The number of nitrogens with zero attached hydrogens (tertiary/aromatic N) is 3. The van der Waals surface area contributed by atoms with Gasteiger partial charge >= 0.3 is 12.1 Å². The van der Waals surface area contributed by atoms with Crippen LogP contribution in [-0.4, -0.2) is 22.1 Å². The van der Waals surface area contributed by atoms with Crippen LogP contribution in [0.4, 0.5) is 18.3 Å². The van der Waals surface area contributed by atoms with Crippen molar-refractivity contribution in [3.8, 4) is 11.3 Å². The van der Waals surface area contributed by atoms with Crippen molar-refractivity contribution < 1.29 is 23.1 Å². The van der Waals surface area contributed by atoms with Crippen molar-refractivity contribution in [3.05, 3.63) is 69.0 Å². The predicted molar refractivity (Wildman–Crippen MR) is 109 cm³/mol. The van der Waals surface area contributed by atoms with Crippen molar-refractivity contribution >= 4 is 45.6 Å². The first-order valence-electron chi connectivity index (χ1n) is 8.34. The summed E-state index contributed by atoms with van der Waals surface area (Å²) in [5.41, 5.74) is 0.867. The van der Waals surface area contributed by atoms with Gasteiger partial charge in [-0.3, -0.25) is 0 Å². The number of benzene rings is 2. The van der Waals surface area contributed by atoms with Crippen molar-refractivity contribution in [1.82, 2.24) is 4.98 Å². The van der Waals surface area contributed by atoms with Crippen LogP contribution in [0.25, 0.3) is 11.3 Å². The highest BCUT2D eigenvalue weighted by atomic mass is 35.5. The van der Waals surface area contributed by atoms with Gasteiger partial charge in [0.05, 0.1) is 21.3 Å². The van der Waals surface area contributed by atoms with Crippen molar-refractivity contribution in [1.29, 1.82) is 0 Å². The van der Waals surface area contributed by atoms with E-state index in [-0.39, 0.29) is 11.6 Å². The molecule has 2 aromatic carbocycles. The molecule has 1 heterocycles. The minimum absolute atomic E-state index is 0.109. The van der Waals surface area contributed by atoms with E-state index < -0.39 is 23.8 Å². The third-order valence-electron chi connectivity index (χ3n) is 3.99. The Morgan fingerprint density at radius 2 is 1.83 bits per heavy atom. The molecule has 0 amide bonds. The molecule has 0 saturated heterocycles. The van der Waals surface area contributed by atoms with E-state index in [0.29, 0.717) is 26.9 Å². The fourth-order valence-corrected chi connectivity index (χ4v) is 3.40. The van der Waals surface area contributed by atoms with Gasteiger partial charge < -0.3 is 5.11 Å². The van der Waals surface area contributed by atoms with E-state index in [1.165, 1.54) is 12.1 Å². The van der Waals surface area contributed by atoms with Gasteiger partial charge in [0.1, 0.15) is 0 Å². The summed E-state index contributed by atoms with van der Waals surface area (Å²) in [6.45, 7) is 0. The molecule has 0 aliphatic heterocycles. The smallest absolute Gasteiger partial charge is 0.416 e. The standard InChI is InChI=1S/C19H12Cl2F3N3O2S/c20-13-6-3-11(8-14(13)21)16-9-30-18(25-16)27-26-15(17(28)29)7-10-1-4-12(5-2-10)19(22,23)24/h1-6,8-9,15H,7H2,(H,28,29). The second-order valence-corrected chi connectivity index (χ2v) is 7.76. The number of rotatable bonds is 6. The van der Waals surface area contributed by atoms with Gasteiger partial charge in [-0.2, -0.15) is 18.3 Å². The number of hydrogen-bond acceptors (Lipinski definition) is 5. The topological polar surface area (TPSA) is 74.9 Å². The molecule has 11 heteroatoms. The van der Waals surface area contributed by atoms with Crippen LogP contribution in [0.15, 0.2) is 58.1 Å². The zero-order chi connectivity index (χ0) is 21.9. The Balaban J connectivity index is 1.73. The number of alkyl halides is 3. The summed E-state index contributed by atoms with van der Waals surface area (Å²) in [6.07, 6.45) is -4.57. The summed E-state index contributed by atoms with van der Waals surface area (Å²) >= 11 is 13.0. The number of carboxylic acids is 1. The highest BCUT2D eigenvalue weighted by Gasteiger charge is 2.30. The van der Waals surface area contributed by atoms with Crippen LogP contribution in [0.2, 0.25) is 10.0 Å². The molecule has 0 spiro atoms. The second kappa shape index (κ2) is 9.11. The summed E-state index contributed by atoms with van der Waals surface area (Å²) in [4.78, 5) is 15.7. The zero-order valence-corrected chi connectivity index (χ0v) is 17.2. The first-order valence-corrected chi connectivity index (χ1v) is 9.98. The molecule has 1 aromatic heterocycles. The quantitative estimate of drug-likeness (QED) is 0.395. The second-order valence-electron chi connectivity index (χ2n) is 6.11. The molecule has 5 nitrogen and oxygen atoms in total. The summed E-state index contributed by atoms with van der Waals surface area (Å²) in [5, 5.41) is 19.8. The number of azo groups is 1. The first-order chi connectivity index (χ1) is 14.1. The van der Waals surface area contributed by atoms with Crippen molar-refractivity contribution in [3.63, 3.8) is 0 Å². The van der Waals surface area contributed by atoms with E-state index in [4.69, 9.17) is 23.2 Å². The van der Waals surface area contributed by atoms with Gasteiger partial charge in [-0.05, 0) is 29.8 Å². The molecule has 1 N–H and O–H groups in total. The van der Waals surface area contributed by atoms with E-state index in [9.17, 15) is 23.1 Å². The van der Waals surface area contributed by atoms with Crippen molar-refractivity contribution in [2.75, 3.05) is 0 Å². The van der Waals surface area contributed by atoms with Crippen LogP contribution in [0, 0.1) is 0 Å². The molecule has 0 aliphatic rings. The molecule has 1 unspecified atom stereocenters. The fraction of sp³-hybridized carbons (Fsp3) is 0.158. The predicted octanol–water partition coefficient (Wildman–Crippen LogP) is 6.92. The maximum absolute atomic E-state index is 12.6. The Morgan fingerprint density at radius 3 is 2.43 bits per heavy atom. The highest BCUT2D eigenvalue weighted by molar-refractivity contribution is 7.13. The Bertz CT molecular complexity index is 1090. The lowest BCUT2D eigenvalue weighted by atomic mass is 10.0. The van der Waals surface area contributed by atoms with Gasteiger partial charge in [0.25, 0.3) is 0 Å². The van der Waals surface area contributed by atoms with Crippen molar-refractivity contribution in [2.45, 2.75) is 18.6 Å². The number of carbonyl (C=O) groups is 1. The van der Waals surface area contributed by atoms with Gasteiger partial charge in [0.2, 0.25) is 5.13 Å². The van der Waals surface area contributed by atoms with Gasteiger partial charge in [0, 0.05) is 17.4 Å². The third-order valence-corrected chi connectivity index (χ3v) is 5.45. The SMILES string of the molecule is O=C(O)C(Cc1ccc(C(F)(F)F)cc1)N=Nc1nc(-c2ccc(Cl)c(Cl)c2)cs1. The lowest BCUT2D eigenvalue weighted by Crippen LogP contribution is -2.20. The third kappa shape index (κ3) is 5.56. The average Bonchev–Trinajstić information content (AvgIpc) is 3.15. The maximum atomic E-state index is 12.6. The largest absolute Gasteiger partial charge is 0.480 e. The van der Waals surface area contributed by atoms with Gasteiger partial charge in [-0.1, -0.05) is 41.4 Å². The van der Waals surface area contributed by atoms with Crippen molar-refractivity contribution in [2.24, 2.45) is 10.2 Å². The average molecular weight is 474 g/mol. The first kappa shape index (κ1) is 22.2. The maximum Gasteiger partial charge on any atom is 0.416 e. The van der Waals surface area contributed by atoms with E-state index in [1.54, 1.807) is 23.6 Å². The molecular formula is C19H12Cl2F3N3O2S. The molecule has 3 rings (SSSR count). The minimum Gasteiger partial charge on any atom is -0.480 e. The lowest BCUT2D eigenvalue weighted by Gasteiger charge is -2.09. The van der Waals surface area contributed by atoms with E-state index in [1.807, 2.05) is 0 Å². The normalized spacial score (nSPS) is 13.0. The lowest BCUT2D eigenvalue weighted by molar-refractivity contribution is -0.139. The molecule has 0 radical (unpaired) electrons. The van der Waals surface area contributed by atoms with Gasteiger partial charge in [-0.15, -0.1) is 16.5 Å². The summed E-state index contributed by atoms with van der Waals surface area (Å²) < 4.78 is 37.9. The molecule has 0 bridgehead atoms. The van der Waals surface area contributed by atoms with E-state index >= 15 is 0 Å².